The van der Waals surface area contributed by atoms with E-state index in [1.165, 1.54) is 0 Å². The van der Waals surface area contributed by atoms with Gasteiger partial charge in [-0.15, -0.1) is 0 Å². The molecule has 0 fully saturated rings. The van der Waals surface area contributed by atoms with Crippen LogP contribution in [0.15, 0.2) is 59.4 Å². The average molecular weight is 352 g/mol. The third-order valence-electron chi connectivity index (χ3n) is 3.83. The fourth-order valence-corrected chi connectivity index (χ4v) is 2.81. The Labute approximate surface area is 149 Å². The highest BCUT2D eigenvalue weighted by Crippen LogP contribution is 2.27. The van der Waals surface area contributed by atoms with Crippen molar-refractivity contribution in [1.82, 2.24) is 24.9 Å². The summed E-state index contributed by atoms with van der Waals surface area (Å²) in [7, 11) is 0. The molecule has 0 unspecified atom stereocenters. The molecule has 0 saturated carbocycles. The van der Waals surface area contributed by atoms with Crippen molar-refractivity contribution < 1.29 is 4.52 Å². The molecule has 0 spiro atoms. The molecule has 0 aliphatic rings. The highest BCUT2D eigenvalue weighted by molar-refractivity contribution is 6.29. The number of hydrogen-bond acceptors (Lipinski definition) is 5. The summed E-state index contributed by atoms with van der Waals surface area (Å²) in [5.41, 5.74) is 3.71. The van der Waals surface area contributed by atoms with Gasteiger partial charge in [-0.1, -0.05) is 35.0 Å². The van der Waals surface area contributed by atoms with Crippen LogP contribution in [-0.2, 0) is 6.54 Å². The molecular formula is C18H14ClN5O. The van der Waals surface area contributed by atoms with Crippen LogP contribution in [0.4, 0.5) is 0 Å². The van der Waals surface area contributed by atoms with Crippen LogP contribution in [0.2, 0.25) is 5.15 Å². The van der Waals surface area contributed by atoms with Gasteiger partial charge in [-0.05, 0) is 31.2 Å². The van der Waals surface area contributed by atoms with Crippen molar-refractivity contribution in [1.29, 1.82) is 0 Å². The molecule has 0 aliphatic heterocycles. The van der Waals surface area contributed by atoms with E-state index in [1.807, 2.05) is 35.0 Å². The van der Waals surface area contributed by atoms with Crippen LogP contribution in [0.3, 0.4) is 0 Å². The van der Waals surface area contributed by atoms with Crippen LogP contribution in [0.1, 0.15) is 6.92 Å². The van der Waals surface area contributed by atoms with Gasteiger partial charge in [0.15, 0.2) is 0 Å². The maximum absolute atomic E-state index is 5.92. The lowest BCUT2D eigenvalue weighted by Crippen LogP contribution is -1.98. The highest BCUT2D eigenvalue weighted by atomic mass is 35.5. The Morgan fingerprint density at radius 1 is 1.04 bits per heavy atom. The Bertz CT molecular complexity index is 1020. The van der Waals surface area contributed by atoms with Gasteiger partial charge in [0.2, 0.25) is 5.82 Å². The monoisotopic (exact) mass is 351 g/mol. The summed E-state index contributed by atoms with van der Waals surface area (Å²) in [4.78, 5) is 8.42. The molecule has 7 heteroatoms. The molecular weight excluding hydrogens is 338 g/mol. The molecule has 25 heavy (non-hydrogen) atoms. The van der Waals surface area contributed by atoms with Crippen molar-refractivity contribution in [3.63, 3.8) is 0 Å². The van der Waals surface area contributed by atoms with Gasteiger partial charge < -0.3 is 4.52 Å². The maximum atomic E-state index is 5.92. The second-order valence-electron chi connectivity index (χ2n) is 5.40. The zero-order chi connectivity index (χ0) is 17.2. The quantitative estimate of drug-likeness (QED) is 0.512. The first-order chi connectivity index (χ1) is 12.2. The minimum atomic E-state index is 0.382. The zero-order valence-electron chi connectivity index (χ0n) is 13.4. The van der Waals surface area contributed by atoms with Crippen molar-refractivity contribution in [2.24, 2.45) is 0 Å². The SMILES string of the molecule is CCn1nccc1-c1cccc(-c2noc(-c3ccnc(Cl)c3)n2)c1. The summed E-state index contributed by atoms with van der Waals surface area (Å²) < 4.78 is 7.31. The Hall–Kier alpha value is -2.99. The van der Waals surface area contributed by atoms with Gasteiger partial charge >= 0.3 is 0 Å². The molecule has 0 aliphatic carbocycles. The maximum Gasteiger partial charge on any atom is 0.258 e. The lowest BCUT2D eigenvalue weighted by Gasteiger charge is -2.05. The van der Waals surface area contributed by atoms with Gasteiger partial charge in [0.05, 0.1) is 5.69 Å². The number of rotatable bonds is 4. The fraction of sp³-hybridized carbons (Fsp3) is 0.111. The highest BCUT2D eigenvalue weighted by Gasteiger charge is 2.13. The summed E-state index contributed by atoms with van der Waals surface area (Å²) in [6.45, 7) is 2.87. The van der Waals surface area contributed by atoms with Crippen LogP contribution in [0.25, 0.3) is 34.1 Å². The molecule has 0 bridgehead atoms. The fourth-order valence-electron chi connectivity index (χ4n) is 2.64. The first kappa shape index (κ1) is 15.5. The normalized spacial score (nSPS) is 11.0. The first-order valence-corrected chi connectivity index (χ1v) is 8.20. The molecule has 6 nitrogen and oxygen atoms in total. The topological polar surface area (TPSA) is 69.6 Å². The number of halogens is 1. The Kier molecular flexibility index (Phi) is 4.03. The summed E-state index contributed by atoms with van der Waals surface area (Å²) in [6.07, 6.45) is 3.40. The largest absolute Gasteiger partial charge is 0.334 e. The van der Waals surface area contributed by atoms with Crippen molar-refractivity contribution in [3.8, 4) is 34.1 Å². The van der Waals surface area contributed by atoms with E-state index in [-0.39, 0.29) is 0 Å². The van der Waals surface area contributed by atoms with Gasteiger partial charge in [0.1, 0.15) is 5.15 Å². The van der Waals surface area contributed by atoms with E-state index >= 15 is 0 Å². The van der Waals surface area contributed by atoms with Gasteiger partial charge in [-0.25, -0.2) is 4.98 Å². The smallest absolute Gasteiger partial charge is 0.258 e. The van der Waals surface area contributed by atoms with Crippen molar-refractivity contribution in [2.75, 3.05) is 0 Å². The van der Waals surface area contributed by atoms with Gasteiger partial charge in [0.25, 0.3) is 5.89 Å². The summed E-state index contributed by atoms with van der Waals surface area (Å²) in [6, 6.07) is 13.4. The lowest BCUT2D eigenvalue weighted by molar-refractivity contribution is 0.432. The van der Waals surface area contributed by atoms with Crippen LogP contribution in [0.5, 0.6) is 0 Å². The molecule has 1 aromatic carbocycles. The summed E-state index contributed by atoms with van der Waals surface area (Å²) >= 11 is 5.92. The summed E-state index contributed by atoms with van der Waals surface area (Å²) in [5.74, 6) is 0.927. The molecule has 3 aromatic heterocycles. The number of benzene rings is 1. The molecule has 4 aromatic rings. The van der Waals surface area contributed by atoms with Gasteiger partial charge in [0, 0.05) is 35.6 Å². The number of aryl methyl sites for hydroxylation is 1. The Morgan fingerprint density at radius 2 is 1.92 bits per heavy atom. The van der Waals surface area contributed by atoms with Gasteiger partial charge in [-0.3, -0.25) is 4.68 Å². The third kappa shape index (κ3) is 3.04. The summed E-state index contributed by atoms with van der Waals surface area (Å²) in [5, 5.41) is 8.78. The molecule has 3 heterocycles. The Balaban J connectivity index is 1.70. The number of aromatic nitrogens is 5. The van der Waals surface area contributed by atoms with Crippen molar-refractivity contribution in [2.45, 2.75) is 13.5 Å². The molecule has 0 radical (unpaired) electrons. The number of nitrogens with zero attached hydrogens (tertiary/aromatic N) is 5. The van der Waals surface area contributed by atoms with Crippen LogP contribution in [-0.4, -0.2) is 24.9 Å². The average Bonchev–Trinajstić information content (AvgIpc) is 3.31. The number of hydrogen-bond donors (Lipinski definition) is 0. The second-order valence-corrected chi connectivity index (χ2v) is 5.79. The van der Waals surface area contributed by atoms with Gasteiger partial charge in [-0.2, -0.15) is 10.1 Å². The Morgan fingerprint density at radius 3 is 2.76 bits per heavy atom. The van der Waals surface area contributed by atoms with E-state index in [2.05, 4.69) is 27.1 Å². The minimum absolute atomic E-state index is 0.382. The molecule has 4 rings (SSSR count). The van der Waals surface area contributed by atoms with Crippen LogP contribution >= 0.6 is 11.6 Å². The van der Waals surface area contributed by atoms with Crippen LogP contribution < -0.4 is 0 Å². The van der Waals surface area contributed by atoms with E-state index in [0.29, 0.717) is 16.9 Å². The third-order valence-corrected chi connectivity index (χ3v) is 4.04. The predicted octanol–water partition coefficient (Wildman–Crippen LogP) is 4.34. The number of pyridine rings is 1. The zero-order valence-corrected chi connectivity index (χ0v) is 14.2. The van der Waals surface area contributed by atoms with Crippen LogP contribution in [0, 0.1) is 0 Å². The van der Waals surface area contributed by atoms with Crippen molar-refractivity contribution >= 4 is 11.6 Å². The van der Waals surface area contributed by atoms with E-state index in [9.17, 15) is 0 Å². The minimum Gasteiger partial charge on any atom is -0.334 e. The molecule has 0 atom stereocenters. The van der Waals surface area contributed by atoms with Crippen molar-refractivity contribution in [3.05, 3.63) is 60.0 Å². The lowest BCUT2D eigenvalue weighted by atomic mass is 10.1. The molecule has 124 valence electrons. The van der Waals surface area contributed by atoms with E-state index in [4.69, 9.17) is 16.1 Å². The standard InChI is InChI=1S/C18H14ClN5O/c1-2-24-15(7-9-21-24)12-4-3-5-13(10-12)17-22-18(25-23-17)14-6-8-20-16(19)11-14/h3-11H,2H2,1H3. The van der Waals surface area contributed by atoms with E-state index in [1.54, 1.807) is 24.5 Å². The molecule has 0 saturated heterocycles. The predicted molar refractivity (Wildman–Crippen MR) is 94.9 cm³/mol. The van der Waals surface area contributed by atoms with E-state index in [0.717, 1.165) is 28.9 Å². The molecule has 0 N–H and O–H groups in total. The first-order valence-electron chi connectivity index (χ1n) is 7.83. The van der Waals surface area contributed by atoms with E-state index < -0.39 is 0 Å². The second kappa shape index (κ2) is 6.49. The molecule has 0 amide bonds.